The number of nitriles is 1. The summed E-state index contributed by atoms with van der Waals surface area (Å²) in [5.41, 5.74) is 2.26. The molecule has 0 bridgehead atoms. The molecule has 19 heavy (non-hydrogen) atoms. The summed E-state index contributed by atoms with van der Waals surface area (Å²) < 4.78 is 1.54. The lowest BCUT2D eigenvalue weighted by Crippen LogP contribution is -2.23. The van der Waals surface area contributed by atoms with Crippen molar-refractivity contribution in [1.82, 2.24) is 4.57 Å². The fourth-order valence-electron chi connectivity index (χ4n) is 2.16. The molecule has 0 saturated carbocycles. The van der Waals surface area contributed by atoms with Crippen LogP contribution in [0.15, 0.2) is 35.3 Å². The molecule has 96 valence electrons. The Kier molecular flexibility index (Phi) is 3.73. The van der Waals surface area contributed by atoms with Gasteiger partial charge in [-0.2, -0.15) is 5.26 Å². The van der Waals surface area contributed by atoms with Crippen molar-refractivity contribution in [3.05, 3.63) is 57.0 Å². The summed E-state index contributed by atoms with van der Waals surface area (Å²) in [5.74, 6) is 0. The molecule has 1 heterocycles. The van der Waals surface area contributed by atoms with Gasteiger partial charge < -0.3 is 4.57 Å². The van der Waals surface area contributed by atoms with Gasteiger partial charge in [-0.1, -0.05) is 23.7 Å². The van der Waals surface area contributed by atoms with Crippen LogP contribution in [0.5, 0.6) is 0 Å². The summed E-state index contributed by atoms with van der Waals surface area (Å²) in [6.45, 7) is 4.31. The van der Waals surface area contributed by atoms with Gasteiger partial charge in [-0.3, -0.25) is 4.79 Å². The van der Waals surface area contributed by atoms with Crippen LogP contribution in [-0.4, -0.2) is 4.57 Å². The number of rotatable bonds is 2. The first-order chi connectivity index (χ1) is 9.08. The summed E-state index contributed by atoms with van der Waals surface area (Å²) >= 11 is 5.97. The minimum Gasteiger partial charge on any atom is -0.314 e. The van der Waals surface area contributed by atoms with E-state index in [1.54, 1.807) is 22.9 Å². The first kappa shape index (κ1) is 13.4. The predicted octanol–water partition coefficient (Wildman–Crippen LogP) is 3.37. The van der Waals surface area contributed by atoms with Crippen LogP contribution < -0.4 is 5.56 Å². The van der Waals surface area contributed by atoms with Gasteiger partial charge in [0.25, 0.3) is 5.56 Å². The van der Waals surface area contributed by atoms with Gasteiger partial charge in [-0.15, -0.1) is 0 Å². The number of halogens is 1. The maximum atomic E-state index is 12.2. The highest BCUT2D eigenvalue weighted by molar-refractivity contribution is 6.30. The number of aryl methyl sites for hydroxylation is 2. The molecule has 2 rings (SSSR count). The van der Waals surface area contributed by atoms with E-state index < -0.39 is 0 Å². The zero-order valence-electron chi connectivity index (χ0n) is 10.8. The van der Waals surface area contributed by atoms with Crippen molar-refractivity contribution in [2.24, 2.45) is 0 Å². The van der Waals surface area contributed by atoms with Crippen LogP contribution in [0.4, 0.5) is 0 Å². The van der Waals surface area contributed by atoms with Gasteiger partial charge in [-0.25, -0.2) is 0 Å². The number of hydrogen-bond donors (Lipinski definition) is 0. The van der Waals surface area contributed by atoms with E-state index in [-0.39, 0.29) is 11.1 Å². The van der Waals surface area contributed by atoms with E-state index in [9.17, 15) is 10.1 Å². The first-order valence-electron chi connectivity index (χ1n) is 5.98. The van der Waals surface area contributed by atoms with Crippen LogP contribution in [0.25, 0.3) is 11.1 Å². The molecule has 1 aromatic heterocycles. The van der Waals surface area contributed by atoms with Crippen molar-refractivity contribution in [1.29, 1.82) is 5.26 Å². The zero-order chi connectivity index (χ0) is 14.0. The van der Waals surface area contributed by atoms with E-state index in [1.165, 1.54) is 0 Å². The predicted molar refractivity (Wildman–Crippen MR) is 76.3 cm³/mol. The van der Waals surface area contributed by atoms with E-state index >= 15 is 0 Å². The summed E-state index contributed by atoms with van der Waals surface area (Å²) in [6, 6.07) is 9.21. The lowest BCUT2D eigenvalue weighted by molar-refractivity contribution is 0.721. The standard InChI is InChI=1S/C15H13ClN2O/c1-3-18-9-10(2)14(13(8-17)15(18)19)11-5-4-6-12(16)7-11/h4-7,9H,3H2,1-2H3. The molecule has 3 nitrogen and oxygen atoms in total. The fraction of sp³-hybridized carbons (Fsp3) is 0.200. The van der Waals surface area contributed by atoms with Gasteiger partial charge in [0.05, 0.1) is 0 Å². The first-order valence-corrected chi connectivity index (χ1v) is 6.36. The number of benzene rings is 1. The second kappa shape index (κ2) is 5.29. The minimum absolute atomic E-state index is 0.170. The third-order valence-corrected chi connectivity index (χ3v) is 3.27. The van der Waals surface area contributed by atoms with E-state index in [2.05, 4.69) is 0 Å². The summed E-state index contributed by atoms with van der Waals surface area (Å²) in [7, 11) is 0. The summed E-state index contributed by atoms with van der Waals surface area (Å²) in [6.07, 6.45) is 1.78. The van der Waals surface area contributed by atoms with E-state index in [1.807, 2.05) is 32.0 Å². The average molecular weight is 273 g/mol. The van der Waals surface area contributed by atoms with Gasteiger partial charge in [0.2, 0.25) is 0 Å². The van der Waals surface area contributed by atoms with Crippen molar-refractivity contribution in [3.63, 3.8) is 0 Å². The molecule has 4 heteroatoms. The largest absolute Gasteiger partial charge is 0.314 e. The average Bonchev–Trinajstić information content (AvgIpc) is 2.40. The highest BCUT2D eigenvalue weighted by Gasteiger charge is 2.14. The molecule has 0 amide bonds. The van der Waals surface area contributed by atoms with Gasteiger partial charge in [0.15, 0.2) is 0 Å². The van der Waals surface area contributed by atoms with Gasteiger partial charge >= 0.3 is 0 Å². The van der Waals surface area contributed by atoms with E-state index in [4.69, 9.17) is 11.6 Å². The smallest absolute Gasteiger partial charge is 0.269 e. The molecule has 0 atom stereocenters. The maximum Gasteiger partial charge on any atom is 0.269 e. The topological polar surface area (TPSA) is 45.8 Å². The Morgan fingerprint density at radius 3 is 2.74 bits per heavy atom. The quantitative estimate of drug-likeness (QED) is 0.841. The Balaban J connectivity index is 2.82. The summed E-state index contributed by atoms with van der Waals surface area (Å²) in [5, 5.41) is 9.86. The van der Waals surface area contributed by atoms with Crippen LogP contribution in [0.1, 0.15) is 18.1 Å². The number of hydrogen-bond acceptors (Lipinski definition) is 2. The van der Waals surface area contributed by atoms with Crippen molar-refractivity contribution in [3.8, 4) is 17.2 Å². The lowest BCUT2D eigenvalue weighted by Gasteiger charge is -2.12. The highest BCUT2D eigenvalue weighted by Crippen LogP contribution is 2.27. The molecule has 0 spiro atoms. The molecule has 0 unspecified atom stereocenters. The van der Waals surface area contributed by atoms with Crippen LogP contribution >= 0.6 is 11.6 Å². The second-order valence-corrected chi connectivity index (χ2v) is 4.71. The molecule has 0 aliphatic rings. The third-order valence-electron chi connectivity index (χ3n) is 3.03. The monoisotopic (exact) mass is 272 g/mol. The van der Waals surface area contributed by atoms with Crippen molar-refractivity contribution < 1.29 is 0 Å². The number of nitrogens with zero attached hydrogens (tertiary/aromatic N) is 2. The molecule has 0 aliphatic heterocycles. The molecule has 0 fully saturated rings. The zero-order valence-corrected chi connectivity index (χ0v) is 11.5. The highest BCUT2D eigenvalue weighted by atomic mass is 35.5. The number of pyridine rings is 1. The Labute approximate surface area is 116 Å². The SMILES string of the molecule is CCn1cc(C)c(-c2cccc(Cl)c2)c(C#N)c1=O. The van der Waals surface area contributed by atoms with Crippen LogP contribution in [0.2, 0.25) is 5.02 Å². The Morgan fingerprint density at radius 2 is 2.16 bits per heavy atom. The fourth-order valence-corrected chi connectivity index (χ4v) is 2.35. The molecular weight excluding hydrogens is 260 g/mol. The van der Waals surface area contributed by atoms with Crippen molar-refractivity contribution in [2.75, 3.05) is 0 Å². The van der Waals surface area contributed by atoms with Gasteiger partial charge in [-0.05, 0) is 37.1 Å². The number of aromatic nitrogens is 1. The van der Waals surface area contributed by atoms with Gasteiger partial charge in [0, 0.05) is 23.3 Å². The summed E-state index contributed by atoms with van der Waals surface area (Å²) in [4.78, 5) is 12.2. The van der Waals surface area contributed by atoms with E-state index in [0.717, 1.165) is 11.1 Å². The van der Waals surface area contributed by atoms with Crippen LogP contribution in [-0.2, 0) is 6.54 Å². The molecule has 0 aliphatic carbocycles. The second-order valence-electron chi connectivity index (χ2n) is 4.28. The van der Waals surface area contributed by atoms with Crippen LogP contribution in [0, 0.1) is 18.3 Å². The molecule has 0 radical (unpaired) electrons. The normalized spacial score (nSPS) is 10.2. The maximum absolute atomic E-state index is 12.2. The lowest BCUT2D eigenvalue weighted by atomic mass is 9.97. The minimum atomic E-state index is -0.259. The Morgan fingerprint density at radius 1 is 1.42 bits per heavy atom. The Hall–Kier alpha value is -2.05. The molecule has 1 aromatic carbocycles. The molecular formula is C15H13ClN2O. The van der Waals surface area contributed by atoms with Crippen molar-refractivity contribution in [2.45, 2.75) is 20.4 Å². The van der Waals surface area contributed by atoms with Crippen LogP contribution in [0.3, 0.4) is 0 Å². The molecule has 0 N–H and O–H groups in total. The van der Waals surface area contributed by atoms with Crippen molar-refractivity contribution >= 4 is 11.6 Å². The van der Waals surface area contributed by atoms with E-state index in [0.29, 0.717) is 17.1 Å². The third kappa shape index (κ3) is 2.40. The van der Waals surface area contributed by atoms with Gasteiger partial charge in [0.1, 0.15) is 11.6 Å². The Bertz CT molecular complexity index is 726. The molecule has 2 aromatic rings. The molecule has 0 saturated heterocycles.